The number of nitrogens with zero attached hydrogens (tertiary/aromatic N) is 6. The van der Waals surface area contributed by atoms with Crippen LogP contribution in [-0.4, -0.2) is 84.5 Å². The predicted molar refractivity (Wildman–Crippen MR) is 148 cm³/mol. The highest BCUT2D eigenvalue weighted by Gasteiger charge is 2.39. The van der Waals surface area contributed by atoms with Gasteiger partial charge in [-0.25, -0.2) is 22.8 Å². The molecule has 5 rings (SSSR count). The maximum Gasteiger partial charge on any atom is 0.243 e. The van der Waals surface area contributed by atoms with E-state index in [0.29, 0.717) is 42.6 Å². The second-order valence-electron chi connectivity index (χ2n) is 10.1. The van der Waals surface area contributed by atoms with Crippen molar-refractivity contribution in [1.82, 2.24) is 24.7 Å². The van der Waals surface area contributed by atoms with Crippen LogP contribution in [0.2, 0.25) is 0 Å². The Morgan fingerprint density at radius 3 is 2.41 bits per heavy atom. The van der Waals surface area contributed by atoms with Gasteiger partial charge in [0.1, 0.15) is 28.5 Å². The summed E-state index contributed by atoms with van der Waals surface area (Å²) in [6.45, 7) is 4.73. The number of ether oxygens (including phenoxy) is 4. The fourth-order valence-corrected chi connectivity index (χ4v) is 6.58. The Kier molecular flexibility index (Phi) is 8.56. The van der Waals surface area contributed by atoms with Gasteiger partial charge in [-0.1, -0.05) is 6.07 Å². The third-order valence-corrected chi connectivity index (χ3v) is 8.62. The molecular formula is C26H34FN7O6S. The number of para-hydroxylation sites is 1. The van der Waals surface area contributed by atoms with Crippen molar-refractivity contribution >= 4 is 21.9 Å². The quantitative estimate of drug-likeness (QED) is 0.372. The van der Waals surface area contributed by atoms with E-state index in [1.165, 1.54) is 14.2 Å². The molecule has 2 fully saturated rings. The summed E-state index contributed by atoms with van der Waals surface area (Å²) >= 11 is 0. The van der Waals surface area contributed by atoms with E-state index in [-0.39, 0.29) is 37.1 Å². The molecule has 41 heavy (non-hydrogen) atoms. The lowest BCUT2D eigenvalue weighted by Crippen LogP contribution is -2.51. The average molecular weight is 592 g/mol. The smallest absolute Gasteiger partial charge is 0.243 e. The topological polar surface area (TPSA) is 143 Å². The van der Waals surface area contributed by atoms with Crippen LogP contribution in [0.5, 0.6) is 11.5 Å². The van der Waals surface area contributed by atoms with Gasteiger partial charge < -0.3 is 23.8 Å². The van der Waals surface area contributed by atoms with Crippen LogP contribution in [0.4, 0.5) is 16.3 Å². The first kappa shape index (κ1) is 29.0. The van der Waals surface area contributed by atoms with Gasteiger partial charge in [0.05, 0.1) is 38.8 Å². The third kappa shape index (κ3) is 6.21. The molecule has 0 amide bonds. The number of piperidine rings is 1. The zero-order chi connectivity index (χ0) is 29.1. The number of benzene rings is 1. The van der Waals surface area contributed by atoms with E-state index in [1.54, 1.807) is 27.7 Å². The zero-order valence-electron chi connectivity index (χ0n) is 23.4. The van der Waals surface area contributed by atoms with E-state index in [4.69, 9.17) is 18.9 Å². The minimum Gasteiger partial charge on any atom is -0.494 e. The molecule has 2 saturated heterocycles. The van der Waals surface area contributed by atoms with Crippen molar-refractivity contribution in [2.45, 2.75) is 56.7 Å². The standard InChI is InChI=1S/C26H34FN7O6S/c1-16(2)40-18-11-19(15-33(14-18)25-28-12-17(27)13-29-25)41(35,36)32-26-31-30-24(22-9-6-10-39-22)34(26)23-20(37-3)7-5-8-21(23)38-4/h5,7-8,12-13,16,18-19,22H,6,9-11,14-15H2,1-4H3,(H,31,32)/t18-,19-,22+/m1/s1. The zero-order valence-corrected chi connectivity index (χ0v) is 24.2. The minimum atomic E-state index is -4.08. The highest BCUT2D eigenvalue weighted by Crippen LogP contribution is 2.39. The molecule has 4 heterocycles. The fraction of sp³-hybridized carbons (Fsp3) is 0.538. The van der Waals surface area contributed by atoms with Crippen LogP contribution < -0.4 is 19.1 Å². The van der Waals surface area contributed by atoms with Crippen LogP contribution in [0, 0.1) is 5.82 Å². The van der Waals surface area contributed by atoms with E-state index in [0.717, 1.165) is 18.8 Å². The molecule has 0 bridgehead atoms. The number of halogens is 1. The summed E-state index contributed by atoms with van der Waals surface area (Å²) in [5.74, 6) is 0.896. The molecule has 0 saturated carbocycles. The van der Waals surface area contributed by atoms with Crippen molar-refractivity contribution < 1.29 is 31.8 Å². The predicted octanol–water partition coefficient (Wildman–Crippen LogP) is 2.88. The number of methoxy groups -OCH3 is 2. The number of hydrogen-bond acceptors (Lipinski definition) is 11. The lowest BCUT2D eigenvalue weighted by Gasteiger charge is -2.37. The maximum absolute atomic E-state index is 14.0. The van der Waals surface area contributed by atoms with Gasteiger partial charge in [0.15, 0.2) is 11.6 Å². The van der Waals surface area contributed by atoms with Gasteiger partial charge in [0.2, 0.25) is 21.9 Å². The summed E-state index contributed by atoms with van der Waals surface area (Å²) in [5, 5.41) is 7.64. The van der Waals surface area contributed by atoms with Crippen LogP contribution in [0.3, 0.4) is 0 Å². The molecule has 222 valence electrons. The Morgan fingerprint density at radius 2 is 1.80 bits per heavy atom. The van der Waals surface area contributed by atoms with Gasteiger partial charge in [0.25, 0.3) is 0 Å². The summed E-state index contributed by atoms with van der Waals surface area (Å²) in [5.41, 5.74) is 0.441. The highest BCUT2D eigenvalue weighted by molar-refractivity contribution is 7.93. The summed E-state index contributed by atoms with van der Waals surface area (Å²) in [6.07, 6.45) is 2.89. The average Bonchev–Trinajstić information content (AvgIpc) is 3.62. The number of rotatable bonds is 10. The number of nitrogens with one attached hydrogen (secondary N) is 1. The summed E-state index contributed by atoms with van der Waals surface area (Å²) < 4.78 is 68.8. The summed E-state index contributed by atoms with van der Waals surface area (Å²) in [6, 6.07) is 5.25. The molecule has 2 aliphatic heterocycles. The van der Waals surface area contributed by atoms with Gasteiger partial charge in [-0.3, -0.25) is 9.29 Å². The molecule has 3 atom stereocenters. The fourth-order valence-electron chi connectivity index (χ4n) is 5.18. The molecule has 1 N–H and O–H groups in total. The summed E-state index contributed by atoms with van der Waals surface area (Å²) in [4.78, 5) is 9.80. The molecule has 2 aromatic heterocycles. The molecular weight excluding hydrogens is 557 g/mol. The lowest BCUT2D eigenvalue weighted by molar-refractivity contribution is 0.00147. The molecule has 2 aliphatic rings. The van der Waals surface area contributed by atoms with Crippen LogP contribution in [0.15, 0.2) is 30.6 Å². The molecule has 0 unspecified atom stereocenters. The maximum atomic E-state index is 14.0. The van der Waals surface area contributed by atoms with Crippen molar-refractivity contribution in [3.63, 3.8) is 0 Å². The highest BCUT2D eigenvalue weighted by atomic mass is 32.2. The van der Waals surface area contributed by atoms with Crippen molar-refractivity contribution in [2.75, 3.05) is 43.5 Å². The number of anilines is 2. The van der Waals surface area contributed by atoms with Gasteiger partial charge in [-0.15, -0.1) is 10.2 Å². The van der Waals surface area contributed by atoms with Gasteiger partial charge in [0, 0.05) is 19.7 Å². The largest absolute Gasteiger partial charge is 0.494 e. The number of sulfonamides is 1. The van der Waals surface area contributed by atoms with Crippen LogP contribution >= 0.6 is 0 Å². The molecule has 0 spiro atoms. The first-order valence-corrected chi connectivity index (χ1v) is 14.9. The van der Waals surface area contributed by atoms with E-state index < -0.39 is 27.2 Å². The van der Waals surface area contributed by atoms with Crippen LogP contribution in [0.1, 0.15) is 45.0 Å². The number of aromatic nitrogens is 5. The molecule has 15 heteroatoms. The molecule has 3 aromatic rings. The van der Waals surface area contributed by atoms with Crippen molar-refractivity contribution in [2.24, 2.45) is 0 Å². The molecule has 0 radical (unpaired) electrons. The lowest BCUT2D eigenvalue weighted by atomic mass is 10.1. The van der Waals surface area contributed by atoms with E-state index >= 15 is 0 Å². The summed E-state index contributed by atoms with van der Waals surface area (Å²) in [7, 11) is -1.05. The molecule has 0 aliphatic carbocycles. The van der Waals surface area contributed by atoms with Gasteiger partial charge in [-0.05, 0) is 45.2 Å². The Morgan fingerprint density at radius 1 is 1.10 bits per heavy atom. The minimum absolute atomic E-state index is 0.0326. The second kappa shape index (κ2) is 12.1. The normalized spacial score (nSPS) is 21.3. The van der Waals surface area contributed by atoms with Gasteiger partial charge in [-0.2, -0.15) is 0 Å². The monoisotopic (exact) mass is 591 g/mol. The van der Waals surface area contributed by atoms with Crippen molar-refractivity contribution in [3.05, 3.63) is 42.2 Å². The van der Waals surface area contributed by atoms with E-state index in [9.17, 15) is 12.8 Å². The first-order chi connectivity index (χ1) is 19.7. The molecule has 1 aromatic carbocycles. The Balaban J connectivity index is 1.52. The Bertz CT molecular complexity index is 1420. The van der Waals surface area contributed by atoms with E-state index in [1.807, 2.05) is 13.8 Å². The second-order valence-corrected chi connectivity index (χ2v) is 12.1. The van der Waals surface area contributed by atoms with Crippen molar-refractivity contribution in [3.8, 4) is 17.2 Å². The molecule has 13 nitrogen and oxygen atoms in total. The van der Waals surface area contributed by atoms with Gasteiger partial charge >= 0.3 is 0 Å². The van der Waals surface area contributed by atoms with Crippen molar-refractivity contribution in [1.29, 1.82) is 0 Å². The first-order valence-electron chi connectivity index (χ1n) is 13.4. The third-order valence-electron chi connectivity index (χ3n) is 6.93. The Labute approximate surface area is 238 Å². The Hall–Kier alpha value is -3.56. The number of hydrogen-bond donors (Lipinski definition) is 1. The SMILES string of the molecule is COc1cccc(OC)c1-n1c(NS(=O)(=O)[C@@H]2C[C@@H](OC(C)C)CN(c3ncc(F)cn3)C2)nnc1[C@@H]1CCCO1. The van der Waals surface area contributed by atoms with Crippen LogP contribution in [-0.2, 0) is 19.5 Å². The van der Waals surface area contributed by atoms with E-state index in [2.05, 4.69) is 24.9 Å². The van der Waals surface area contributed by atoms with Crippen LogP contribution in [0.25, 0.3) is 5.69 Å².